The van der Waals surface area contributed by atoms with Crippen molar-refractivity contribution < 1.29 is 5.11 Å². The van der Waals surface area contributed by atoms with Gasteiger partial charge in [-0.15, -0.1) is 0 Å². The van der Waals surface area contributed by atoms with Gasteiger partial charge in [-0.3, -0.25) is 0 Å². The Hall–Kier alpha value is 0.430. The van der Waals surface area contributed by atoms with Crippen LogP contribution in [-0.4, -0.2) is 11.7 Å². The monoisotopic (exact) mass is 328 g/mol. The van der Waals surface area contributed by atoms with E-state index < -0.39 is 0 Å². The second kappa shape index (κ2) is 7.80. The zero-order valence-corrected chi connectivity index (χ0v) is 11.2. The lowest BCUT2D eigenvalue weighted by Gasteiger charge is -1.98. The van der Waals surface area contributed by atoms with Gasteiger partial charge in [-0.25, -0.2) is 0 Å². The summed E-state index contributed by atoms with van der Waals surface area (Å²) in [7, 11) is 0. The Morgan fingerprint density at radius 2 is 2.00 bits per heavy atom. The second-order valence-corrected chi connectivity index (χ2v) is 4.07. The first-order valence-electron chi connectivity index (χ1n) is 3.76. The van der Waals surface area contributed by atoms with Crippen molar-refractivity contribution in [1.29, 1.82) is 0 Å². The number of benzene rings is 1. The van der Waals surface area contributed by atoms with Crippen molar-refractivity contribution in [2.24, 2.45) is 0 Å². The molecule has 13 heavy (non-hydrogen) atoms. The summed E-state index contributed by atoms with van der Waals surface area (Å²) in [5.41, 5.74) is 1.11. The van der Waals surface area contributed by atoms with Gasteiger partial charge < -0.3 is 5.11 Å². The van der Waals surface area contributed by atoms with Crippen molar-refractivity contribution in [2.75, 3.05) is 6.61 Å². The minimum Gasteiger partial charge on any atom is -0.397 e. The summed E-state index contributed by atoms with van der Waals surface area (Å²) < 4.78 is 1.06. The largest absolute Gasteiger partial charge is 0.397 e. The molecule has 0 saturated heterocycles. The van der Waals surface area contributed by atoms with Gasteiger partial charge >= 0.3 is 0 Å². The third-order valence-corrected chi connectivity index (χ3v) is 2.62. The van der Waals surface area contributed by atoms with Gasteiger partial charge in [-0.05, 0) is 30.7 Å². The molecule has 1 N–H and O–H groups in total. The molecule has 0 aromatic heterocycles. The van der Waals surface area contributed by atoms with E-state index in [1.54, 1.807) is 6.92 Å². The van der Waals surface area contributed by atoms with Gasteiger partial charge in [-0.2, -0.15) is 0 Å². The number of hydrogen-bond acceptors (Lipinski definition) is 1. The average molecular weight is 330 g/mol. The maximum atomic E-state index is 7.57. The Balaban J connectivity index is 0.000000424. The van der Waals surface area contributed by atoms with E-state index >= 15 is 0 Å². The number of alkyl halides is 1. The minimum absolute atomic E-state index is 0.250. The molecule has 1 rings (SSSR count). The maximum absolute atomic E-state index is 7.57. The lowest BCUT2D eigenvalue weighted by molar-refractivity contribution is 0.318. The van der Waals surface area contributed by atoms with Gasteiger partial charge in [0.1, 0.15) is 0 Å². The summed E-state index contributed by atoms with van der Waals surface area (Å²) in [6.07, 6.45) is 0. The Labute approximate surface area is 100 Å². The Morgan fingerprint density at radius 3 is 2.38 bits per heavy atom. The van der Waals surface area contributed by atoms with Gasteiger partial charge in [0, 0.05) is 21.4 Å². The summed E-state index contributed by atoms with van der Waals surface area (Å²) in [5, 5.41) is 9.17. The summed E-state index contributed by atoms with van der Waals surface area (Å²) in [6, 6.07) is 5.80. The molecule has 0 saturated carbocycles. The van der Waals surface area contributed by atoms with Crippen LogP contribution in [-0.2, 0) is 5.33 Å². The van der Waals surface area contributed by atoms with Crippen molar-refractivity contribution in [2.45, 2.75) is 12.3 Å². The number of hydrogen-bond donors (Lipinski definition) is 1. The summed E-state index contributed by atoms with van der Waals surface area (Å²) >= 11 is 12.5. The maximum Gasteiger partial charge on any atom is 0.0447 e. The minimum atomic E-state index is 0.250. The van der Waals surface area contributed by atoms with E-state index in [-0.39, 0.29) is 6.61 Å². The standard InChI is InChI=1S/C7H5Br2Cl.C2H6O/c8-4-5-3-6(9)1-2-7(5)10;1-2-3/h1-3H,4H2;3H,2H2,1H3. The lowest BCUT2D eigenvalue weighted by atomic mass is 10.2. The van der Waals surface area contributed by atoms with Gasteiger partial charge in [0.05, 0.1) is 0 Å². The summed E-state index contributed by atoms with van der Waals surface area (Å²) in [5.74, 6) is 0. The van der Waals surface area contributed by atoms with Crippen LogP contribution >= 0.6 is 43.5 Å². The van der Waals surface area contributed by atoms with E-state index in [2.05, 4.69) is 31.9 Å². The van der Waals surface area contributed by atoms with Crippen LogP contribution < -0.4 is 0 Å². The molecule has 0 heterocycles. The highest BCUT2D eigenvalue weighted by molar-refractivity contribution is 9.10. The molecule has 4 heteroatoms. The molecular weight excluding hydrogens is 319 g/mol. The van der Waals surface area contributed by atoms with E-state index in [0.717, 1.165) is 20.4 Å². The SMILES string of the molecule is CCO.Clc1ccc(Br)cc1CBr. The summed E-state index contributed by atoms with van der Waals surface area (Å²) in [4.78, 5) is 0. The predicted molar refractivity (Wildman–Crippen MR) is 64.5 cm³/mol. The smallest absolute Gasteiger partial charge is 0.0447 e. The third-order valence-electron chi connectivity index (χ3n) is 1.15. The van der Waals surface area contributed by atoms with Crippen LogP contribution in [0, 0.1) is 0 Å². The van der Waals surface area contributed by atoms with Crippen LogP contribution in [0.4, 0.5) is 0 Å². The zero-order valence-electron chi connectivity index (χ0n) is 7.23. The van der Waals surface area contributed by atoms with Crippen LogP contribution in [0.5, 0.6) is 0 Å². The molecule has 0 radical (unpaired) electrons. The highest BCUT2D eigenvalue weighted by atomic mass is 79.9. The fourth-order valence-corrected chi connectivity index (χ4v) is 1.86. The van der Waals surface area contributed by atoms with E-state index in [1.165, 1.54) is 0 Å². The molecule has 74 valence electrons. The van der Waals surface area contributed by atoms with Crippen molar-refractivity contribution in [3.05, 3.63) is 33.3 Å². The third kappa shape index (κ3) is 5.68. The normalized spacial score (nSPS) is 9.00. The first kappa shape index (κ1) is 13.4. The highest BCUT2D eigenvalue weighted by Crippen LogP contribution is 2.22. The highest BCUT2D eigenvalue weighted by Gasteiger charge is 1.97. The van der Waals surface area contributed by atoms with Crippen molar-refractivity contribution in [1.82, 2.24) is 0 Å². The molecular formula is C9H11Br2ClO. The first-order valence-corrected chi connectivity index (χ1v) is 6.05. The van der Waals surface area contributed by atoms with Crippen molar-refractivity contribution in [3.63, 3.8) is 0 Å². The van der Waals surface area contributed by atoms with E-state index in [4.69, 9.17) is 16.7 Å². The number of halogens is 3. The fraction of sp³-hybridized carbons (Fsp3) is 0.333. The Morgan fingerprint density at radius 1 is 1.46 bits per heavy atom. The molecule has 0 spiro atoms. The molecule has 0 aliphatic heterocycles. The van der Waals surface area contributed by atoms with Gasteiger partial charge in [0.25, 0.3) is 0 Å². The quantitative estimate of drug-likeness (QED) is 0.772. The van der Waals surface area contributed by atoms with Crippen LogP contribution in [0.2, 0.25) is 5.02 Å². The van der Waals surface area contributed by atoms with Gasteiger partial charge in [0.15, 0.2) is 0 Å². The zero-order chi connectivity index (χ0) is 10.3. The molecule has 0 aliphatic carbocycles. The molecule has 1 nitrogen and oxygen atoms in total. The van der Waals surface area contributed by atoms with E-state index in [1.807, 2.05) is 18.2 Å². The number of aliphatic hydroxyl groups is 1. The average Bonchev–Trinajstić information content (AvgIpc) is 2.10. The fourth-order valence-electron chi connectivity index (χ4n) is 0.646. The molecule has 1 aromatic rings. The lowest BCUT2D eigenvalue weighted by Crippen LogP contribution is -1.78. The molecule has 0 fully saturated rings. The van der Waals surface area contributed by atoms with Gasteiger partial charge in [-0.1, -0.05) is 43.5 Å². The van der Waals surface area contributed by atoms with E-state index in [0.29, 0.717) is 0 Å². The predicted octanol–water partition coefficient (Wildman–Crippen LogP) is 4.00. The van der Waals surface area contributed by atoms with Crippen LogP contribution in [0.15, 0.2) is 22.7 Å². The molecule has 0 unspecified atom stereocenters. The topological polar surface area (TPSA) is 20.2 Å². The van der Waals surface area contributed by atoms with Gasteiger partial charge in [0.2, 0.25) is 0 Å². The molecule has 0 bridgehead atoms. The van der Waals surface area contributed by atoms with Crippen LogP contribution in [0.1, 0.15) is 12.5 Å². The Kier molecular flexibility index (Phi) is 8.06. The number of rotatable bonds is 1. The second-order valence-electron chi connectivity index (χ2n) is 2.19. The molecule has 1 aromatic carbocycles. The van der Waals surface area contributed by atoms with E-state index in [9.17, 15) is 0 Å². The van der Waals surface area contributed by atoms with Crippen molar-refractivity contribution >= 4 is 43.5 Å². The summed E-state index contributed by atoms with van der Waals surface area (Å²) in [6.45, 7) is 1.93. The molecule has 0 amide bonds. The van der Waals surface area contributed by atoms with Crippen LogP contribution in [0.3, 0.4) is 0 Å². The van der Waals surface area contributed by atoms with Crippen LogP contribution in [0.25, 0.3) is 0 Å². The first-order chi connectivity index (χ1) is 6.15. The molecule has 0 atom stereocenters. The molecule has 0 aliphatic rings. The van der Waals surface area contributed by atoms with Crippen molar-refractivity contribution in [3.8, 4) is 0 Å². The Bertz CT molecular complexity index is 253. The number of aliphatic hydroxyl groups excluding tert-OH is 1.